The first kappa shape index (κ1) is 16.9. The van der Waals surface area contributed by atoms with Crippen molar-refractivity contribution in [2.24, 2.45) is 0 Å². The van der Waals surface area contributed by atoms with E-state index in [4.69, 9.17) is 16.3 Å². The molecule has 0 fully saturated rings. The summed E-state index contributed by atoms with van der Waals surface area (Å²) in [6.07, 6.45) is 2.29. The lowest BCUT2D eigenvalue weighted by Crippen LogP contribution is -2.31. The minimum Gasteiger partial charge on any atom is -0.493 e. The molecule has 0 aliphatic carbocycles. The zero-order chi connectivity index (χ0) is 17.3. The molecule has 0 amide bonds. The molecule has 24 heavy (non-hydrogen) atoms. The Morgan fingerprint density at radius 2 is 1.96 bits per heavy atom. The topological polar surface area (TPSA) is 32.7 Å². The van der Waals surface area contributed by atoms with Gasteiger partial charge < -0.3 is 14.7 Å². The fourth-order valence-corrected chi connectivity index (χ4v) is 3.49. The second kappa shape index (κ2) is 6.50. The Morgan fingerprint density at radius 1 is 1.25 bits per heavy atom. The van der Waals surface area contributed by atoms with E-state index in [0.717, 1.165) is 11.3 Å². The summed E-state index contributed by atoms with van der Waals surface area (Å²) >= 11 is 6.16. The first-order valence-corrected chi connectivity index (χ1v) is 8.39. The molecule has 3 nitrogen and oxygen atoms in total. The third-order valence-electron chi connectivity index (χ3n) is 4.69. The molecule has 0 saturated heterocycles. The van der Waals surface area contributed by atoms with E-state index in [1.54, 1.807) is 18.2 Å². The number of halogens is 1. The number of fused-ring (bicyclic) bond motifs is 1. The molecule has 3 rings (SSSR count). The van der Waals surface area contributed by atoms with E-state index in [0.29, 0.717) is 29.4 Å². The van der Waals surface area contributed by atoms with Crippen LogP contribution in [0.25, 0.3) is 0 Å². The van der Waals surface area contributed by atoms with Crippen LogP contribution >= 0.6 is 11.6 Å². The second-order valence-corrected chi connectivity index (χ2v) is 6.78. The summed E-state index contributed by atoms with van der Waals surface area (Å²) in [4.78, 5) is 2.05. The molecule has 0 saturated carbocycles. The monoisotopic (exact) mass is 343 g/mol. The van der Waals surface area contributed by atoms with Crippen LogP contribution in [-0.4, -0.2) is 25.8 Å². The van der Waals surface area contributed by atoms with Crippen molar-refractivity contribution in [2.45, 2.75) is 17.9 Å². The largest absolute Gasteiger partial charge is 0.493 e. The summed E-state index contributed by atoms with van der Waals surface area (Å²) in [6.45, 7) is 4.42. The van der Waals surface area contributed by atoms with E-state index in [1.807, 2.05) is 20.2 Å². The third-order valence-corrected chi connectivity index (χ3v) is 4.93. The molecule has 0 aromatic heterocycles. The number of aliphatic hydroxyl groups is 1. The summed E-state index contributed by atoms with van der Waals surface area (Å²) < 4.78 is 5.84. The molecule has 1 aliphatic heterocycles. The number of rotatable bonds is 3. The summed E-state index contributed by atoms with van der Waals surface area (Å²) in [6, 6.07) is 13.6. The van der Waals surface area contributed by atoms with Crippen molar-refractivity contribution in [3.8, 4) is 5.75 Å². The third kappa shape index (κ3) is 2.90. The number of ether oxygens (including phenoxy) is 1. The molecule has 0 bridgehead atoms. The minimum atomic E-state index is -1.23. The zero-order valence-electron chi connectivity index (χ0n) is 14.0. The first-order valence-electron chi connectivity index (χ1n) is 8.02. The van der Waals surface area contributed by atoms with Crippen molar-refractivity contribution >= 4 is 17.3 Å². The van der Waals surface area contributed by atoms with Gasteiger partial charge in [-0.1, -0.05) is 36.4 Å². The molecule has 0 spiro atoms. The minimum absolute atomic E-state index is 0.147. The average molecular weight is 344 g/mol. The van der Waals surface area contributed by atoms with Gasteiger partial charge in [-0.25, -0.2) is 0 Å². The predicted octanol–water partition coefficient (Wildman–Crippen LogP) is 4.35. The average Bonchev–Trinajstić information content (AvgIpc) is 2.72. The first-order chi connectivity index (χ1) is 11.5. The normalized spacial score (nSPS) is 22.9. The Labute approximate surface area is 148 Å². The fraction of sp³-hybridized carbons (Fsp3) is 0.300. The Kier molecular flexibility index (Phi) is 4.57. The molecule has 4 heteroatoms. The lowest BCUT2D eigenvalue weighted by atomic mass is 9.76. The molecule has 1 aliphatic rings. The molecule has 126 valence electrons. The number of hydrogen-bond donors (Lipinski definition) is 1. The number of nitrogens with zero attached hydrogens (tertiary/aromatic N) is 1. The van der Waals surface area contributed by atoms with E-state index in [-0.39, 0.29) is 5.92 Å². The van der Waals surface area contributed by atoms with Gasteiger partial charge in [-0.2, -0.15) is 0 Å². The van der Waals surface area contributed by atoms with Crippen molar-refractivity contribution in [3.05, 3.63) is 71.3 Å². The van der Waals surface area contributed by atoms with Gasteiger partial charge >= 0.3 is 0 Å². The molecule has 1 N–H and O–H groups in total. The van der Waals surface area contributed by atoms with E-state index < -0.39 is 5.60 Å². The molecular formula is C20H22ClNO2. The molecule has 0 radical (unpaired) electrons. The standard InChI is InChI=1S/C20H22ClNO2/c1-4-20(23)17(14-5-8-16(9-6-14)22(2)3)11-12-24-19-10-7-15(21)13-18(19)20/h4-10,13,17,23H,1,11-12H2,2-3H3/t17-,20+/m0/s1. The predicted molar refractivity (Wildman–Crippen MR) is 99.2 cm³/mol. The second-order valence-electron chi connectivity index (χ2n) is 6.35. The van der Waals surface area contributed by atoms with Crippen LogP contribution in [0.15, 0.2) is 55.1 Å². The van der Waals surface area contributed by atoms with Crippen LogP contribution in [0.1, 0.15) is 23.5 Å². The van der Waals surface area contributed by atoms with Gasteiger partial charge in [0, 0.05) is 36.3 Å². The van der Waals surface area contributed by atoms with Crippen molar-refractivity contribution in [1.29, 1.82) is 0 Å². The summed E-state index contributed by atoms with van der Waals surface area (Å²) in [5.41, 5.74) is 1.62. The van der Waals surface area contributed by atoms with E-state index in [9.17, 15) is 5.11 Å². The molecule has 2 aromatic rings. The van der Waals surface area contributed by atoms with Crippen LogP contribution in [0.5, 0.6) is 5.75 Å². The Balaban J connectivity index is 2.08. The van der Waals surface area contributed by atoms with Gasteiger partial charge in [0.15, 0.2) is 0 Å². The van der Waals surface area contributed by atoms with Crippen LogP contribution in [0.3, 0.4) is 0 Å². The highest BCUT2D eigenvalue weighted by Crippen LogP contribution is 2.46. The lowest BCUT2D eigenvalue weighted by molar-refractivity contribution is 0.0575. The highest BCUT2D eigenvalue weighted by molar-refractivity contribution is 6.30. The Bertz CT molecular complexity index is 742. The zero-order valence-corrected chi connectivity index (χ0v) is 14.8. The highest BCUT2D eigenvalue weighted by Gasteiger charge is 2.40. The van der Waals surface area contributed by atoms with Gasteiger partial charge in [0.05, 0.1) is 6.61 Å². The maximum atomic E-state index is 11.5. The maximum Gasteiger partial charge on any atom is 0.125 e. The smallest absolute Gasteiger partial charge is 0.125 e. The van der Waals surface area contributed by atoms with Gasteiger partial charge in [0.1, 0.15) is 11.4 Å². The van der Waals surface area contributed by atoms with Crippen LogP contribution in [-0.2, 0) is 5.60 Å². The van der Waals surface area contributed by atoms with Crippen molar-refractivity contribution in [3.63, 3.8) is 0 Å². The molecule has 2 aromatic carbocycles. The van der Waals surface area contributed by atoms with E-state index in [2.05, 4.69) is 35.7 Å². The van der Waals surface area contributed by atoms with Gasteiger partial charge in [-0.3, -0.25) is 0 Å². The summed E-state index contributed by atoms with van der Waals surface area (Å²) in [5, 5.41) is 12.0. The van der Waals surface area contributed by atoms with Crippen LogP contribution in [0, 0.1) is 0 Å². The van der Waals surface area contributed by atoms with Crippen LogP contribution in [0.2, 0.25) is 5.02 Å². The Hall–Kier alpha value is -1.97. The van der Waals surface area contributed by atoms with Gasteiger partial charge in [0.2, 0.25) is 0 Å². The van der Waals surface area contributed by atoms with Gasteiger partial charge in [-0.15, -0.1) is 0 Å². The number of anilines is 1. The van der Waals surface area contributed by atoms with Crippen molar-refractivity contribution in [1.82, 2.24) is 0 Å². The molecule has 1 heterocycles. The Morgan fingerprint density at radius 3 is 2.58 bits per heavy atom. The quantitative estimate of drug-likeness (QED) is 0.841. The number of hydrogen-bond acceptors (Lipinski definition) is 3. The van der Waals surface area contributed by atoms with Gasteiger partial charge in [-0.05, 0) is 42.3 Å². The molecule has 0 unspecified atom stereocenters. The lowest BCUT2D eigenvalue weighted by Gasteiger charge is -2.33. The molecule has 2 atom stereocenters. The van der Waals surface area contributed by atoms with E-state index in [1.165, 1.54) is 0 Å². The highest BCUT2D eigenvalue weighted by atomic mass is 35.5. The van der Waals surface area contributed by atoms with Crippen molar-refractivity contribution < 1.29 is 9.84 Å². The fourth-order valence-electron chi connectivity index (χ4n) is 3.31. The SMILES string of the molecule is C=C[C@]1(O)c2cc(Cl)ccc2OCC[C@H]1c1ccc(N(C)C)cc1. The summed E-state index contributed by atoms with van der Waals surface area (Å²) in [7, 11) is 4.01. The van der Waals surface area contributed by atoms with E-state index >= 15 is 0 Å². The maximum absolute atomic E-state index is 11.5. The molecular weight excluding hydrogens is 322 g/mol. The number of benzene rings is 2. The van der Waals surface area contributed by atoms with Crippen LogP contribution < -0.4 is 9.64 Å². The van der Waals surface area contributed by atoms with Crippen LogP contribution in [0.4, 0.5) is 5.69 Å². The summed E-state index contributed by atoms with van der Waals surface area (Å²) in [5.74, 6) is 0.514. The van der Waals surface area contributed by atoms with Crippen molar-refractivity contribution in [2.75, 3.05) is 25.6 Å². The van der Waals surface area contributed by atoms with Gasteiger partial charge in [0.25, 0.3) is 0 Å².